The Hall–Kier alpha value is -1.000. The van der Waals surface area contributed by atoms with E-state index in [1.54, 1.807) is 0 Å². The number of hydrogen-bond acceptors (Lipinski definition) is 0. The summed E-state index contributed by atoms with van der Waals surface area (Å²) in [7, 11) is 0. The molecule has 0 fully saturated rings. The van der Waals surface area contributed by atoms with Gasteiger partial charge in [0.2, 0.25) is 0 Å². The molecule has 0 unspecified atom stereocenters. The fraction of sp³-hybridized carbons (Fsp3) is 0. The molecule has 2 aromatic rings. The van der Waals surface area contributed by atoms with Crippen LogP contribution in [0.25, 0.3) is 10.8 Å². The van der Waals surface area contributed by atoms with Crippen molar-refractivity contribution in [2.24, 2.45) is 0 Å². The monoisotopic (exact) mass is 258 g/mol. The molecule has 0 bridgehead atoms. The van der Waals surface area contributed by atoms with E-state index in [0.29, 0.717) is 0 Å². The molecule has 0 aliphatic carbocycles. The number of rotatable bonds is 0. The van der Waals surface area contributed by atoms with Crippen molar-refractivity contribution in [3.63, 3.8) is 0 Å². The van der Waals surface area contributed by atoms with Gasteiger partial charge in [-0.1, -0.05) is 30.3 Å². The fourth-order valence-electron chi connectivity index (χ4n) is 1.27. The van der Waals surface area contributed by atoms with Crippen molar-refractivity contribution in [1.29, 1.82) is 0 Å². The molecule has 66 valence electrons. The summed E-state index contributed by atoms with van der Waals surface area (Å²) in [6, 6.07) is 14.0. The summed E-state index contributed by atoms with van der Waals surface area (Å²) in [5.74, 6) is 2.37. The molecule has 0 spiro atoms. The Balaban J connectivity index is 0.000000845. The SMILES string of the molecule is [Ag+].[C-]#Cc1ccc2ccccc2c1. The Morgan fingerprint density at radius 3 is 2.31 bits per heavy atom. The number of fused-ring (bicyclic) bond motifs is 1. The largest absolute Gasteiger partial charge is 1.00 e. The zero-order chi connectivity index (χ0) is 8.39. The van der Waals surface area contributed by atoms with Gasteiger partial charge in [-0.25, -0.2) is 0 Å². The van der Waals surface area contributed by atoms with Crippen molar-refractivity contribution < 1.29 is 22.4 Å². The first-order valence-corrected chi connectivity index (χ1v) is 3.82. The molecular weight excluding hydrogens is 252 g/mol. The van der Waals surface area contributed by atoms with Gasteiger partial charge in [0.1, 0.15) is 0 Å². The molecule has 2 aromatic carbocycles. The van der Waals surface area contributed by atoms with E-state index in [4.69, 9.17) is 6.42 Å². The van der Waals surface area contributed by atoms with E-state index in [2.05, 4.69) is 12.0 Å². The van der Waals surface area contributed by atoms with Crippen LogP contribution in [0.3, 0.4) is 0 Å². The maximum absolute atomic E-state index is 6.97. The molecule has 0 radical (unpaired) electrons. The summed E-state index contributed by atoms with van der Waals surface area (Å²) >= 11 is 0. The average Bonchev–Trinajstić information content (AvgIpc) is 2.17. The van der Waals surface area contributed by atoms with Gasteiger partial charge in [0.05, 0.1) is 0 Å². The van der Waals surface area contributed by atoms with E-state index in [0.717, 1.165) is 10.9 Å². The minimum absolute atomic E-state index is 0. The first-order valence-electron chi connectivity index (χ1n) is 3.82. The number of benzene rings is 2. The molecule has 1 heteroatoms. The van der Waals surface area contributed by atoms with Crippen LogP contribution in [-0.2, 0) is 22.4 Å². The van der Waals surface area contributed by atoms with Crippen LogP contribution in [0, 0.1) is 12.3 Å². The zero-order valence-electron chi connectivity index (χ0n) is 6.84. The van der Waals surface area contributed by atoms with Crippen molar-refractivity contribution in [3.8, 4) is 5.92 Å². The molecule has 0 heterocycles. The molecule has 0 aliphatic rings. The summed E-state index contributed by atoms with van der Waals surface area (Å²) in [6.45, 7) is 0. The van der Waals surface area contributed by atoms with Gasteiger partial charge >= 0.3 is 22.4 Å². The van der Waals surface area contributed by atoms with E-state index < -0.39 is 0 Å². The van der Waals surface area contributed by atoms with Gasteiger partial charge in [-0.05, 0) is 10.8 Å². The predicted octanol–water partition coefficient (Wildman–Crippen LogP) is 2.78. The molecule has 0 amide bonds. The van der Waals surface area contributed by atoms with E-state index >= 15 is 0 Å². The summed E-state index contributed by atoms with van der Waals surface area (Å²) in [6.07, 6.45) is 6.97. The molecule has 0 atom stereocenters. The maximum atomic E-state index is 6.97. The molecular formula is C12H7Ag. The van der Waals surface area contributed by atoms with Crippen LogP contribution in [-0.4, -0.2) is 0 Å². The second-order valence-corrected chi connectivity index (χ2v) is 2.69. The van der Waals surface area contributed by atoms with E-state index in [9.17, 15) is 0 Å². The molecule has 0 saturated heterocycles. The van der Waals surface area contributed by atoms with Crippen LogP contribution < -0.4 is 0 Å². The van der Waals surface area contributed by atoms with Gasteiger partial charge in [0, 0.05) is 0 Å². The molecule has 0 aliphatic heterocycles. The zero-order valence-corrected chi connectivity index (χ0v) is 8.33. The van der Waals surface area contributed by atoms with Crippen LogP contribution in [0.15, 0.2) is 42.5 Å². The van der Waals surface area contributed by atoms with Crippen LogP contribution >= 0.6 is 0 Å². The smallest absolute Gasteiger partial charge is 0.366 e. The third-order valence-corrected chi connectivity index (χ3v) is 1.89. The molecule has 0 nitrogen and oxygen atoms in total. The van der Waals surface area contributed by atoms with Crippen molar-refractivity contribution in [2.45, 2.75) is 0 Å². The minimum Gasteiger partial charge on any atom is -0.366 e. The van der Waals surface area contributed by atoms with Crippen molar-refractivity contribution >= 4 is 10.8 Å². The Kier molecular flexibility index (Phi) is 3.33. The summed E-state index contributed by atoms with van der Waals surface area (Å²) in [4.78, 5) is 0. The third-order valence-electron chi connectivity index (χ3n) is 1.89. The fourth-order valence-corrected chi connectivity index (χ4v) is 1.27. The summed E-state index contributed by atoms with van der Waals surface area (Å²) in [5.41, 5.74) is 0.828. The van der Waals surface area contributed by atoms with Gasteiger partial charge in [0.25, 0.3) is 0 Å². The van der Waals surface area contributed by atoms with Crippen LogP contribution in [0.1, 0.15) is 5.56 Å². The topological polar surface area (TPSA) is 0 Å². The van der Waals surface area contributed by atoms with Crippen molar-refractivity contribution in [3.05, 3.63) is 54.5 Å². The maximum Gasteiger partial charge on any atom is 1.00 e. The molecule has 0 aromatic heterocycles. The van der Waals surface area contributed by atoms with Gasteiger partial charge in [-0.15, -0.1) is 17.7 Å². The predicted molar refractivity (Wildman–Crippen MR) is 50.2 cm³/mol. The van der Waals surface area contributed by atoms with Crippen LogP contribution in [0.4, 0.5) is 0 Å². The Morgan fingerprint density at radius 2 is 1.62 bits per heavy atom. The first kappa shape index (κ1) is 10.1. The Bertz CT molecular complexity index is 452. The molecule has 2 rings (SSSR count). The third kappa shape index (κ3) is 2.02. The van der Waals surface area contributed by atoms with Gasteiger partial charge in [-0.2, -0.15) is 0 Å². The molecule has 13 heavy (non-hydrogen) atoms. The normalized spacial score (nSPS) is 8.85. The average molecular weight is 259 g/mol. The summed E-state index contributed by atoms with van der Waals surface area (Å²) < 4.78 is 0. The minimum atomic E-state index is 0. The first-order chi connectivity index (χ1) is 5.90. The second kappa shape index (κ2) is 4.30. The van der Waals surface area contributed by atoms with Crippen molar-refractivity contribution in [1.82, 2.24) is 0 Å². The van der Waals surface area contributed by atoms with E-state index in [-0.39, 0.29) is 22.4 Å². The van der Waals surface area contributed by atoms with E-state index in [1.807, 2.05) is 36.4 Å². The van der Waals surface area contributed by atoms with Crippen LogP contribution in [0.2, 0.25) is 0 Å². The standard InChI is InChI=1S/C12H7.Ag/c1-2-10-7-8-11-5-3-4-6-12(11)9-10;/h3-9H;/q-1;+1. The van der Waals surface area contributed by atoms with E-state index in [1.165, 1.54) is 5.39 Å². The Morgan fingerprint density at radius 1 is 0.923 bits per heavy atom. The number of hydrogen-bond donors (Lipinski definition) is 0. The Labute approximate surface area is 93.5 Å². The molecule has 0 N–H and O–H groups in total. The van der Waals surface area contributed by atoms with Crippen LogP contribution in [0.5, 0.6) is 0 Å². The molecule has 0 saturated carbocycles. The summed E-state index contributed by atoms with van der Waals surface area (Å²) in [5, 5.41) is 2.37. The van der Waals surface area contributed by atoms with Gasteiger partial charge in [-0.3, -0.25) is 5.92 Å². The quantitative estimate of drug-likeness (QED) is 0.387. The second-order valence-electron chi connectivity index (χ2n) is 2.69. The van der Waals surface area contributed by atoms with Crippen molar-refractivity contribution in [2.75, 3.05) is 0 Å². The van der Waals surface area contributed by atoms with Gasteiger partial charge in [0.15, 0.2) is 0 Å². The van der Waals surface area contributed by atoms with Gasteiger partial charge < -0.3 is 6.42 Å².